The minimum Gasteiger partial charge on any atom is -0.317 e. The first kappa shape index (κ1) is 13.9. The predicted octanol–water partition coefficient (Wildman–Crippen LogP) is 1.30. The lowest BCUT2D eigenvalue weighted by molar-refractivity contribution is 0.233. The standard InChI is InChI=1S/C13H29N3/c1-11(2)9-13(16(3)4)10-15-12-5-7-14-8-6-12/h11-15H,5-10H2,1-4H3. The monoisotopic (exact) mass is 227 g/mol. The normalized spacial score (nSPS) is 20.6. The Bertz CT molecular complexity index is 174. The van der Waals surface area contributed by atoms with Crippen molar-refractivity contribution in [1.29, 1.82) is 0 Å². The molecule has 1 atom stereocenters. The zero-order valence-electron chi connectivity index (χ0n) is 11.4. The minimum absolute atomic E-state index is 0.676. The van der Waals surface area contributed by atoms with Gasteiger partial charge in [0.1, 0.15) is 0 Å². The van der Waals surface area contributed by atoms with Crippen molar-refractivity contribution in [1.82, 2.24) is 15.5 Å². The Morgan fingerprint density at radius 2 is 1.88 bits per heavy atom. The zero-order valence-corrected chi connectivity index (χ0v) is 11.4. The SMILES string of the molecule is CC(C)CC(CNC1CCNCC1)N(C)C. The molecule has 16 heavy (non-hydrogen) atoms. The summed E-state index contributed by atoms with van der Waals surface area (Å²) in [5.74, 6) is 0.780. The Balaban J connectivity index is 2.25. The molecule has 96 valence electrons. The van der Waals surface area contributed by atoms with Crippen molar-refractivity contribution in [2.24, 2.45) is 5.92 Å². The molecule has 0 amide bonds. The van der Waals surface area contributed by atoms with Crippen molar-refractivity contribution in [3.63, 3.8) is 0 Å². The number of piperidine rings is 1. The zero-order chi connectivity index (χ0) is 12.0. The van der Waals surface area contributed by atoms with Gasteiger partial charge in [-0.15, -0.1) is 0 Å². The second-order valence-corrected chi connectivity index (χ2v) is 5.68. The molecule has 1 aliphatic heterocycles. The molecule has 0 aromatic rings. The van der Waals surface area contributed by atoms with Gasteiger partial charge in [0.05, 0.1) is 0 Å². The van der Waals surface area contributed by atoms with Gasteiger partial charge in [-0.3, -0.25) is 0 Å². The minimum atomic E-state index is 0.676. The highest BCUT2D eigenvalue weighted by Gasteiger charge is 2.17. The van der Waals surface area contributed by atoms with Gasteiger partial charge < -0.3 is 15.5 Å². The van der Waals surface area contributed by atoms with Crippen LogP contribution in [0.25, 0.3) is 0 Å². The number of likely N-dealkylation sites (N-methyl/N-ethyl adjacent to an activating group) is 1. The van der Waals surface area contributed by atoms with E-state index in [9.17, 15) is 0 Å². The van der Waals surface area contributed by atoms with E-state index in [0.29, 0.717) is 6.04 Å². The average Bonchev–Trinajstić information content (AvgIpc) is 2.25. The van der Waals surface area contributed by atoms with Crippen LogP contribution in [0.1, 0.15) is 33.1 Å². The van der Waals surface area contributed by atoms with Crippen molar-refractivity contribution in [2.45, 2.75) is 45.2 Å². The topological polar surface area (TPSA) is 27.3 Å². The second kappa shape index (κ2) is 7.25. The number of rotatable bonds is 6. The highest BCUT2D eigenvalue weighted by Crippen LogP contribution is 2.09. The maximum Gasteiger partial charge on any atom is 0.0217 e. The van der Waals surface area contributed by atoms with E-state index in [1.165, 1.54) is 32.4 Å². The molecule has 1 rings (SSSR count). The van der Waals surface area contributed by atoms with E-state index in [-0.39, 0.29) is 0 Å². The maximum atomic E-state index is 3.73. The molecule has 0 radical (unpaired) electrons. The van der Waals surface area contributed by atoms with E-state index in [1.807, 2.05) is 0 Å². The van der Waals surface area contributed by atoms with Crippen molar-refractivity contribution >= 4 is 0 Å². The molecule has 0 saturated carbocycles. The summed E-state index contributed by atoms with van der Waals surface area (Å²) in [6, 6.07) is 1.41. The molecule has 0 spiro atoms. The van der Waals surface area contributed by atoms with Crippen LogP contribution in [-0.2, 0) is 0 Å². The first-order valence-electron chi connectivity index (χ1n) is 6.70. The lowest BCUT2D eigenvalue weighted by Gasteiger charge is -2.30. The van der Waals surface area contributed by atoms with Crippen molar-refractivity contribution < 1.29 is 0 Å². The van der Waals surface area contributed by atoms with Crippen LogP contribution in [0.2, 0.25) is 0 Å². The Hall–Kier alpha value is -0.120. The van der Waals surface area contributed by atoms with E-state index in [2.05, 4.69) is 43.5 Å². The third kappa shape index (κ3) is 5.28. The summed E-state index contributed by atoms with van der Waals surface area (Å²) < 4.78 is 0. The largest absolute Gasteiger partial charge is 0.317 e. The molecule has 3 heteroatoms. The molecule has 1 unspecified atom stereocenters. The van der Waals surface area contributed by atoms with Gasteiger partial charge in [-0.25, -0.2) is 0 Å². The second-order valence-electron chi connectivity index (χ2n) is 5.68. The van der Waals surface area contributed by atoms with Crippen LogP contribution in [0.5, 0.6) is 0 Å². The summed E-state index contributed by atoms with van der Waals surface area (Å²) in [7, 11) is 4.38. The van der Waals surface area contributed by atoms with Gasteiger partial charge in [-0.2, -0.15) is 0 Å². The Kier molecular flexibility index (Phi) is 6.32. The molecule has 1 fully saturated rings. The molecule has 0 aliphatic carbocycles. The van der Waals surface area contributed by atoms with E-state index in [4.69, 9.17) is 0 Å². The summed E-state index contributed by atoms with van der Waals surface area (Å²) in [6.07, 6.45) is 3.84. The Morgan fingerprint density at radius 3 is 2.38 bits per heavy atom. The highest BCUT2D eigenvalue weighted by atomic mass is 15.1. The molecular formula is C13H29N3. The molecular weight excluding hydrogens is 198 g/mol. The fraction of sp³-hybridized carbons (Fsp3) is 1.00. The van der Waals surface area contributed by atoms with Crippen molar-refractivity contribution in [3.05, 3.63) is 0 Å². The van der Waals surface area contributed by atoms with E-state index >= 15 is 0 Å². The molecule has 2 N–H and O–H groups in total. The summed E-state index contributed by atoms with van der Waals surface area (Å²) >= 11 is 0. The number of nitrogens with zero attached hydrogens (tertiary/aromatic N) is 1. The summed E-state index contributed by atoms with van der Waals surface area (Å²) in [6.45, 7) is 8.10. The maximum absolute atomic E-state index is 3.73. The number of hydrogen-bond donors (Lipinski definition) is 2. The Labute approximate surface area is 101 Å². The molecule has 1 aliphatic rings. The third-order valence-corrected chi connectivity index (χ3v) is 3.46. The van der Waals surface area contributed by atoms with Crippen molar-refractivity contribution in [2.75, 3.05) is 33.7 Å². The fourth-order valence-electron chi connectivity index (χ4n) is 2.35. The first-order chi connectivity index (χ1) is 7.59. The van der Waals surface area contributed by atoms with Gasteiger partial charge in [0, 0.05) is 18.6 Å². The molecule has 0 aromatic carbocycles. The summed E-state index contributed by atoms with van der Waals surface area (Å²) in [4.78, 5) is 2.36. The van der Waals surface area contributed by atoms with Gasteiger partial charge >= 0.3 is 0 Å². The summed E-state index contributed by atoms with van der Waals surface area (Å²) in [5, 5.41) is 7.13. The lowest BCUT2D eigenvalue weighted by Crippen LogP contribution is -2.46. The summed E-state index contributed by atoms with van der Waals surface area (Å²) in [5.41, 5.74) is 0. The van der Waals surface area contributed by atoms with Crippen LogP contribution in [0.3, 0.4) is 0 Å². The smallest absolute Gasteiger partial charge is 0.0217 e. The lowest BCUT2D eigenvalue weighted by atomic mass is 10.0. The highest BCUT2D eigenvalue weighted by molar-refractivity contribution is 4.78. The van der Waals surface area contributed by atoms with Crippen LogP contribution in [0.15, 0.2) is 0 Å². The Morgan fingerprint density at radius 1 is 1.25 bits per heavy atom. The molecule has 1 saturated heterocycles. The van der Waals surface area contributed by atoms with Gasteiger partial charge in [0.25, 0.3) is 0 Å². The number of hydrogen-bond acceptors (Lipinski definition) is 3. The molecule has 0 bridgehead atoms. The van der Waals surface area contributed by atoms with Crippen LogP contribution in [-0.4, -0.2) is 50.7 Å². The van der Waals surface area contributed by atoms with Gasteiger partial charge in [-0.1, -0.05) is 13.8 Å². The van der Waals surface area contributed by atoms with Gasteiger partial charge in [-0.05, 0) is 52.4 Å². The molecule has 1 heterocycles. The van der Waals surface area contributed by atoms with E-state index < -0.39 is 0 Å². The first-order valence-corrected chi connectivity index (χ1v) is 6.70. The van der Waals surface area contributed by atoms with Crippen LogP contribution in [0, 0.1) is 5.92 Å². The van der Waals surface area contributed by atoms with Crippen LogP contribution < -0.4 is 10.6 Å². The quantitative estimate of drug-likeness (QED) is 0.716. The fourth-order valence-corrected chi connectivity index (χ4v) is 2.35. The van der Waals surface area contributed by atoms with Crippen molar-refractivity contribution in [3.8, 4) is 0 Å². The van der Waals surface area contributed by atoms with E-state index in [0.717, 1.165) is 18.5 Å². The molecule has 3 nitrogen and oxygen atoms in total. The van der Waals surface area contributed by atoms with Crippen LogP contribution in [0.4, 0.5) is 0 Å². The molecule has 0 aromatic heterocycles. The van der Waals surface area contributed by atoms with Gasteiger partial charge in [0.15, 0.2) is 0 Å². The van der Waals surface area contributed by atoms with Gasteiger partial charge in [0.2, 0.25) is 0 Å². The van der Waals surface area contributed by atoms with Crippen LogP contribution >= 0.6 is 0 Å². The average molecular weight is 227 g/mol. The third-order valence-electron chi connectivity index (χ3n) is 3.46. The number of nitrogens with one attached hydrogen (secondary N) is 2. The van der Waals surface area contributed by atoms with E-state index in [1.54, 1.807) is 0 Å². The predicted molar refractivity (Wildman–Crippen MR) is 70.8 cm³/mol.